The molecule has 0 aliphatic heterocycles. The predicted octanol–water partition coefficient (Wildman–Crippen LogP) is 5.98. The fraction of sp³-hybridized carbons (Fsp3) is 0.304. The van der Waals surface area contributed by atoms with Crippen molar-refractivity contribution in [3.63, 3.8) is 0 Å². The van der Waals surface area contributed by atoms with Crippen LogP contribution in [0.5, 0.6) is 5.75 Å². The quantitative estimate of drug-likeness (QED) is 0.536. The van der Waals surface area contributed by atoms with E-state index in [1.165, 1.54) is 16.9 Å². The normalized spacial score (nSPS) is 14.2. The van der Waals surface area contributed by atoms with Crippen LogP contribution in [0.4, 0.5) is 10.8 Å². The summed E-state index contributed by atoms with van der Waals surface area (Å²) in [6, 6.07) is 16.0. The number of carbonyl (C=O) groups excluding carboxylic acids is 1. The zero-order chi connectivity index (χ0) is 19.5. The first-order valence-electron chi connectivity index (χ1n) is 9.67. The number of hydrogen-bond acceptors (Lipinski definition) is 4. The number of thiazole rings is 1. The topological polar surface area (TPSA) is 42.4 Å². The molecule has 5 heteroatoms. The van der Waals surface area contributed by atoms with Gasteiger partial charge in [-0.15, -0.1) is 11.3 Å². The number of aryl methyl sites for hydroxylation is 1. The second-order valence-corrected chi connectivity index (χ2v) is 8.04. The summed E-state index contributed by atoms with van der Waals surface area (Å²) in [5, 5.41) is 2.71. The molecule has 1 saturated carbocycles. The summed E-state index contributed by atoms with van der Waals surface area (Å²) < 4.78 is 5.55. The summed E-state index contributed by atoms with van der Waals surface area (Å²) in [5.74, 6) is 0.851. The minimum Gasteiger partial charge on any atom is -0.495 e. The smallest absolute Gasteiger partial charge is 0.236 e. The van der Waals surface area contributed by atoms with Crippen LogP contribution in [0.25, 0.3) is 11.3 Å². The summed E-state index contributed by atoms with van der Waals surface area (Å²) in [7, 11) is 1.64. The van der Waals surface area contributed by atoms with Gasteiger partial charge < -0.3 is 4.74 Å². The third-order valence-corrected chi connectivity index (χ3v) is 6.11. The van der Waals surface area contributed by atoms with E-state index in [0.29, 0.717) is 10.9 Å². The van der Waals surface area contributed by atoms with Gasteiger partial charge >= 0.3 is 0 Å². The van der Waals surface area contributed by atoms with E-state index in [-0.39, 0.29) is 11.8 Å². The lowest BCUT2D eigenvalue weighted by Crippen LogP contribution is -2.31. The van der Waals surface area contributed by atoms with E-state index in [2.05, 4.69) is 31.2 Å². The molecule has 0 radical (unpaired) electrons. The Bertz CT molecular complexity index is 959. The molecule has 0 spiro atoms. The maximum absolute atomic E-state index is 13.4. The van der Waals surface area contributed by atoms with Gasteiger partial charge in [0.2, 0.25) is 5.91 Å². The number of benzene rings is 2. The molecule has 1 aliphatic carbocycles. The monoisotopic (exact) mass is 392 g/mol. The maximum atomic E-state index is 13.4. The molecule has 3 aromatic rings. The second kappa shape index (κ2) is 8.15. The molecular formula is C23H24N2O2S. The Hall–Kier alpha value is -2.66. The highest BCUT2D eigenvalue weighted by molar-refractivity contribution is 7.14. The molecule has 0 atom stereocenters. The van der Waals surface area contributed by atoms with Crippen LogP contribution in [0, 0.1) is 12.8 Å². The first-order chi connectivity index (χ1) is 13.7. The lowest BCUT2D eigenvalue weighted by molar-refractivity contribution is -0.121. The number of aromatic nitrogens is 1. The molecule has 0 unspecified atom stereocenters. The molecule has 0 saturated heterocycles. The highest BCUT2D eigenvalue weighted by atomic mass is 32.1. The molecular weight excluding hydrogens is 368 g/mol. The minimum absolute atomic E-state index is 0.0524. The summed E-state index contributed by atoms with van der Waals surface area (Å²) in [6.45, 7) is 2.07. The van der Waals surface area contributed by atoms with Crippen molar-refractivity contribution in [2.24, 2.45) is 5.92 Å². The highest BCUT2D eigenvalue weighted by Crippen LogP contribution is 2.40. The van der Waals surface area contributed by atoms with E-state index in [9.17, 15) is 4.79 Å². The molecule has 28 heavy (non-hydrogen) atoms. The van der Waals surface area contributed by atoms with Gasteiger partial charge in [0.05, 0.1) is 18.5 Å². The van der Waals surface area contributed by atoms with Gasteiger partial charge in [0.15, 0.2) is 5.13 Å². The molecule has 4 nitrogen and oxygen atoms in total. The fourth-order valence-electron chi connectivity index (χ4n) is 3.71. The Morgan fingerprint density at radius 1 is 1.11 bits per heavy atom. The van der Waals surface area contributed by atoms with Crippen molar-refractivity contribution in [3.05, 3.63) is 59.5 Å². The first kappa shape index (κ1) is 18.7. The Labute approximate surface area is 169 Å². The third-order valence-electron chi connectivity index (χ3n) is 5.28. The van der Waals surface area contributed by atoms with Crippen LogP contribution in [0.3, 0.4) is 0 Å². The summed E-state index contributed by atoms with van der Waals surface area (Å²) >= 11 is 1.50. The number of nitrogens with zero attached hydrogens (tertiary/aromatic N) is 2. The van der Waals surface area contributed by atoms with E-state index in [1.54, 1.807) is 12.0 Å². The number of methoxy groups -OCH3 is 1. The van der Waals surface area contributed by atoms with Crippen molar-refractivity contribution in [1.29, 1.82) is 0 Å². The van der Waals surface area contributed by atoms with E-state index < -0.39 is 0 Å². The van der Waals surface area contributed by atoms with E-state index >= 15 is 0 Å². The van der Waals surface area contributed by atoms with Gasteiger partial charge in [0.1, 0.15) is 5.75 Å². The minimum atomic E-state index is 0.0524. The zero-order valence-corrected chi connectivity index (χ0v) is 17.0. The van der Waals surface area contributed by atoms with Gasteiger partial charge in [-0.2, -0.15) is 0 Å². The van der Waals surface area contributed by atoms with Gasteiger partial charge in [-0.25, -0.2) is 4.98 Å². The highest BCUT2D eigenvalue weighted by Gasteiger charge is 2.32. The summed E-state index contributed by atoms with van der Waals surface area (Å²) in [5.41, 5.74) is 3.92. The number of carbonyl (C=O) groups is 1. The van der Waals surface area contributed by atoms with Crippen LogP contribution >= 0.6 is 11.3 Å². The van der Waals surface area contributed by atoms with Crippen LogP contribution in [-0.2, 0) is 4.79 Å². The van der Waals surface area contributed by atoms with Gasteiger partial charge in [-0.3, -0.25) is 9.69 Å². The van der Waals surface area contributed by atoms with Crippen molar-refractivity contribution in [2.75, 3.05) is 12.0 Å². The molecule has 4 rings (SSSR count). The molecule has 1 aliphatic rings. The van der Waals surface area contributed by atoms with Gasteiger partial charge in [0, 0.05) is 16.9 Å². The third kappa shape index (κ3) is 3.67. The van der Waals surface area contributed by atoms with Crippen LogP contribution < -0.4 is 9.64 Å². The molecule has 144 valence electrons. The molecule has 0 N–H and O–H groups in total. The van der Waals surface area contributed by atoms with Crippen LogP contribution in [-0.4, -0.2) is 18.0 Å². The van der Waals surface area contributed by atoms with Crippen molar-refractivity contribution in [1.82, 2.24) is 4.98 Å². The first-order valence-corrected chi connectivity index (χ1v) is 10.5. The Kier molecular flexibility index (Phi) is 5.44. The second-order valence-electron chi connectivity index (χ2n) is 7.21. The van der Waals surface area contributed by atoms with Crippen molar-refractivity contribution in [2.45, 2.75) is 32.6 Å². The Balaban J connectivity index is 1.75. The fourth-order valence-corrected chi connectivity index (χ4v) is 4.56. The average Bonchev–Trinajstić information content (AvgIpc) is 3.42. The average molecular weight is 393 g/mol. The molecule has 0 bridgehead atoms. The molecule has 1 fully saturated rings. The number of ether oxygens (including phenoxy) is 1. The lowest BCUT2D eigenvalue weighted by Gasteiger charge is -2.24. The maximum Gasteiger partial charge on any atom is 0.236 e. The number of rotatable bonds is 5. The van der Waals surface area contributed by atoms with Gasteiger partial charge in [-0.1, -0.05) is 54.8 Å². The van der Waals surface area contributed by atoms with E-state index in [0.717, 1.165) is 42.6 Å². The van der Waals surface area contributed by atoms with Crippen LogP contribution in [0.15, 0.2) is 53.9 Å². The van der Waals surface area contributed by atoms with Gasteiger partial charge in [0.25, 0.3) is 0 Å². The summed E-state index contributed by atoms with van der Waals surface area (Å²) in [6.07, 6.45) is 4.12. The van der Waals surface area contributed by atoms with Crippen LogP contribution in [0.1, 0.15) is 31.2 Å². The van der Waals surface area contributed by atoms with E-state index in [4.69, 9.17) is 9.72 Å². The number of para-hydroxylation sites is 2. The summed E-state index contributed by atoms with van der Waals surface area (Å²) in [4.78, 5) is 20.0. The standard InChI is InChI=1S/C23H24N2O2S/c1-16-11-13-17(14-12-16)19-15-28-23(24-19)25(22(26)18-7-3-4-8-18)20-9-5-6-10-21(20)27-2/h5-6,9-15,18H,3-4,7-8H2,1-2H3. The zero-order valence-electron chi connectivity index (χ0n) is 16.2. The largest absolute Gasteiger partial charge is 0.495 e. The number of anilines is 2. The van der Waals surface area contributed by atoms with Crippen molar-refractivity contribution < 1.29 is 9.53 Å². The van der Waals surface area contributed by atoms with Crippen molar-refractivity contribution >= 4 is 28.1 Å². The molecule has 1 heterocycles. The predicted molar refractivity (Wildman–Crippen MR) is 114 cm³/mol. The Morgan fingerprint density at radius 2 is 1.82 bits per heavy atom. The van der Waals surface area contributed by atoms with Crippen molar-refractivity contribution in [3.8, 4) is 17.0 Å². The SMILES string of the molecule is COc1ccccc1N(C(=O)C1CCCC1)c1nc(-c2ccc(C)cc2)cs1. The molecule has 1 amide bonds. The lowest BCUT2D eigenvalue weighted by atomic mass is 10.1. The van der Waals surface area contributed by atoms with Crippen LogP contribution in [0.2, 0.25) is 0 Å². The number of amides is 1. The Morgan fingerprint density at radius 3 is 2.54 bits per heavy atom. The molecule has 1 aromatic heterocycles. The number of hydrogen-bond donors (Lipinski definition) is 0. The van der Waals surface area contributed by atoms with Gasteiger partial charge in [-0.05, 0) is 31.9 Å². The molecule has 2 aromatic carbocycles. The van der Waals surface area contributed by atoms with E-state index in [1.807, 2.05) is 29.6 Å².